The van der Waals surface area contributed by atoms with E-state index in [9.17, 15) is 10.1 Å². The quantitative estimate of drug-likeness (QED) is 0.352. The molecule has 2 aromatic carbocycles. The fourth-order valence-electron chi connectivity index (χ4n) is 2.32. The molecule has 126 valence electrons. The maximum Gasteiger partial charge on any atom is 0.354 e. The van der Waals surface area contributed by atoms with Crippen molar-refractivity contribution in [1.29, 1.82) is 0 Å². The lowest BCUT2D eigenvalue weighted by atomic mass is 10.3. The van der Waals surface area contributed by atoms with E-state index in [1.165, 1.54) is 6.33 Å². The van der Waals surface area contributed by atoms with Gasteiger partial charge in [-0.3, -0.25) is 10.1 Å². The van der Waals surface area contributed by atoms with E-state index < -0.39 is 4.92 Å². The van der Waals surface area contributed by atoms with Gasteiger partial charge < -0.3 is 10.2 Å². The fourth-order valence-corrected chi connectivity index (χ4v) is 2.68. The molecule has 25 heavy (non-hydrogen) atoms. The maximum absolute atomic E-state index is 11.7. The van der Waals surface area contributed by atoms with Gasteiger partial charge in [0.2, 0.25) is 11.6 Å². The van der Waals surface area contributed by atoms with Crippen LogP contribution in [0.4, 0.5) is 28.7 Å². The van der Waals surface area contributed by atoms with Crippen molar-refractivity contribution in [1.82, 2.24) is 9.97 Å². The van der Waals surface area contributed by atoms with Gasteiger partial charge in [-0.05, 0) is 59.0 Å². The summed E-state index contributed by atoms with van der Waals surface area (Å²) in [5.41, 5.74) is 1.34. The molecule has 0 saturated carbocycles. The summed E-state index contributed by atoms with van der Waals surface area (Å²) in [6, 6.07) is 16.8. The minimum Gasteiger partial charge on any atom is -0.334 e. The third-order valence-electron chi connectivity index (χ3n) is 3.55. The van der Waals surface area contributed by atoms with E-state index in [1.54, 1.807) is 11.9 Å². The highest BCUT2D eigenvalue weighted by molar-refractivity contribution is 14.1. The summed E-state index contributed by atoms with van der Waals surface area (Å²) in [6.45, 7) is 0. The standard InChI is InChI=1S/C17H14IN5O2/c1-22(14-5-3-2-4-6-14)17-15(23(24)25)16(19-11-20-17)21-13-9-7-12(18)8-10-13/h2-11H,1H3,(H,19,20,21). The Hall–Kier alpha value is -2.75. The van der Waals surface area contributed by atoms with Gasteiger partial charge in [0, 0.05) is 22.0 Å². The Bertz CT molecular complexity index is 887. The van der Waals surface area contributed by atoms with Crippen LogP contribution in [0.5, 0.6) is 0 Å². The highest BCUT2D eigenvalue weighted by atomic mass is 127. The van der Waals surface area contributed by atoms with Crippen molar-refractivity contribution in [3.63, 3.8) is 0 Å². The van der Waals surface area contributed by atoms with Crippen molar-refractivity contribution < 1.29 is 4.92 Å². The monoisotopic (exact) mass is 447 g/mol. The molecular formula is C17H14IN5O2. The predicted molar refractivity (Wildman–Crippen MR) is 106 cm³/mol. The summed E-state index contributed by atoms with van der Waals surface area (Å²) in [5.74, 6) is 0.373. The molecule has 3 aromatic rings. The van der Waals surface area contributed by atoms with E-state index in [2.05, 4.69) is 37.9 Å². The van der Waals surface area contributed by atoms with Crippen molar-refractivity contribution in [2.45, 2.75) is 0 Å². The Morgan fingerprint density at radius 3 is 2.40 bits per heavy atom. The van der Waals surface area contributed by atoms with Crippen LogP contribution in [0.3, 0.4) is 0 Å². The number of halogens is 1. The van der Waals surface area contributed by atoms with Gasteiger partial charge in [0.1, 0.15) is 6.33 Å². The zero-order chi connectivity index (χ0) is 17.8. The lowest BCUT2D eigenvalue weighted by molar-refractivity contribution is -0.383. The topological polar surface area (TPSA) is 84.2 Å². The molecule has 0 aliphatic carbocycles. The number of benzene rings is 2. The molecule has 0 unspecified atom stereocenters. The van der Waals surface area contributed by atoms with E-state index >= 15 is 0 Å². The minimum absolute atomic E-state index is 0.152. The lowest BCUT2D eigenvalue weighted by Gasteiger charge is -2.18. The van der Waals surface area contributed by atoms with Gasteiger partial charge in [0.25, 0.3) is 0 Å². The van der Waals surface area contributed by atoms with Gasteiger partial charge in [-0.15, -0.1) is 0 Å². The van der Waals surface area contributed by atoms with Crippen molar-refractivity contribution >= 4 is 51.3 Å². The van der Waals surface area contributed by atoms with Crippen LogP contribution in [-0.4, -0.2) is 21.9 Å². The highest BCUT2D eigenvalue weighted by Gasteiger charge is 2.26. The number of nitrogens with one attached hydrogen (secondary N) is 1. The fraction of sp³-hybridized carbons (Fsp3) is 0.0588. The second-order valence-corrected chi connectivity index (χ2v) is 6.42. The first kappa shape index (κ1) is 17.1. The SMILES string of the molecule is CN(c1ccccc1)c1ncnc(Nc2ccc(I)cc2)c1[N+](=O)[O-]. The molecule has 0 fully saturated rings. The smallest absolute Gasteiger partial charge is 0.334 e. The van der Waals surface area contributed by atoms with Crippen LogP contribution in [0.2, 0.25) is 0 Å². The Balaban J connectivity index is 2.02. The van der Waals surface area contributed by atoms with E-state index in [0.29, 0.717) is 0 Å². The van der Waals surface area contributed by atoms with Crippen LogP contribution in [0, 0.1) is 13.7 Å². The van der Waals surface area contributed by atoms with Gasteiger partial charge in [0.05, 0.1) is 4.92 Å². The number of nitrogens with zero attached hydrogens (tertiary/aromatic N) is 4. The van der Waals surface area contributed by atoms with Crippen LogP contribution in [-0.2, 0) is 0 Å². The first-order valence-electron chi connectivity index (χ1n) is 7.37. The van der Waals surface area contributed by atoms with Crippen LogP contribution in [0.1, 0.15) is 0 Å². The number of nitro groups is 1. The van der Waals surface area contributed by atoms with Crippen molar-refractivity contribution in [3.05, 3.63) is 74.6 Å². The molecule has 8 heteroatoms. The Morgan fingerprint density at radius 2 is 1.76 bits per heavy atom. The van der Waals surface area contributed by atoms with E-state index in [4.69, 9.17) is 0 Å². The molecule has 1 aromatic heterocycles. The summed E-state index contributed by atoms with van der Waals surface area (Å²) >= 11 is 2.20. The van der Waals surface area contributed by atoms with Gasteiger partial charge in [-0.25, -0.2) is 9.97 Å². The second-order valence-electron chi connectivity index (χ2n) is 5.18. The number of hydrogen-bond donors (Lipinski definition) is 1. The summed E-state index contributed by atoms with van der Waals surface area (Å²) in [7, 11) is 1.74. The van der Waals surface area contributed by atoms with Gasteiger partial charge in [0.15, 0.2) is 0 Å². The molecule has 0 aliphatic heterocycles. The summed E-state index contributed by atoms with van der Waals surface area (Å²) < 4.78 is 1.07. The minimum atomic E-state index is -0.468. The van der Waals surface area contributed by atoms with E-state index in [1.807, 2.05) is 54.6 Å². The average Bonchev–Trinajstić information content (AvgIpc) is 2.63. The van der Waals surface area contributed by atoms with Crippen molar-refractivity contribution in [3.8, 4) is 0 Å². The molecule has 0 spiro atoms. The summed E-state index contributed by atoms with van der Waals surface area (Å²) in [6.07, 6.45) is 1.32. The molecule has 0 amide bonds. The Labute approximate surface area is 158 Å². The number of rotatable bonds is 5. The molecule has 0 saturated heterocycles. The molecule has 1 N–H and O–H groups in total. The van der Waals surface area contributed by atoms with Crippen molar-refractivity contribution in [2.24, 2.45) is 0 Å². The predicted octanol–water partition coefficient (Wildman–Crippen LogP) is 4.50. The van der Waals surface area contributed by atoms with Crippen LogP contribution < -0.4 is 10.2 Å². The molecule has 1 heterocycles. The molecule has 0 aliphatic rings. The molecular weight excluding hydrogens is 433 g/mol. The normalized spacial score (nSPS) is 10.3. The van der Waals surface area contributed by atoms with E-state index in [-0.39, 0.29) is 17.3 Å². The highest BCUT2D eigenvalue weighted by Crippen LogP contribution is 2.35. The van der Waals surface area contributed by atoms with Crippen molar-refractivity contribution in [2.75, 3.05) is 17.3 Å². The number of para-hydroxylation sites is 1. The first-order valence-corrected chi connectivity index (χ1v) is 8.45. The first-order chi connectivity index (χ1) is 12.1. The number of hydrogen-bond acceptors (Lipinski definition) is 6. The molecule has 0 bridgehead atoms. The molecule has 0 atom stereocenters. The molecule has 0 radical (unpaired) electrons. The van der Waals surface area contributed by atoms with Crippen LogP contribution >= 0.6 is 22.6 Å². The largest absolute Gasteiger partial charge is 0.354 e. The zero-order valence-corrected chi connectivity index (χ0v) is 15.4. The number of anilines is 4. The van der Waals surface area contributed by atoms with Gasteiger partial charge in [-0.2, -0.15) is 0 Å². The molecule has 3 rings (SSSR count). The second kappa shape index (κ2) is 7.43. The van der Waals surface area contributed by atoms with Crippen LogP contribution in [0.15, 0.2) is 60.9 Å². The van der Waals surface area contributed by atoms with Gasteiger partial charge >= 0.3 is 5.69 Å². The number of aromatic nitrogens is 2. The summed E-state index contributed by atoms with van der Waals surface area (Å²) in [5, 5.41) is 14.7. The Kier molecular flexibility index (Phi) is 5.08. The maximum atomic E-state index is 11.7. The average molecular weight is 447 g/mol. The van der Waals surface area contributed by atoms with E-state index in [0.717, 1.165) is 14.9 Å². The third-order valence-corrected chi connectivity index (χ3v) is 4.27. The third kappa shape index (κ3) is 3.85. The van der Waals surface area contributed by atoms with Gasteiger partial charge in [-0.1, -0.05) is 18.2 Å². The Morgan fingerprint density at radius 1 is 1.08 bits per heavy atom. The summed E-state index contributed by atoms with van der Waals surface area (Å²) in [4.78, 5) is 21.1. The van der Waals surface area contributed by atoms with Crippen LogP contribution in [0.25, 0.3) is 0 Å². The molecule has 7 nitrogen and oxygen atoms in total. The lowest BCUT2D eigenvalue weighted by Crippen LogP contribution is -2.15. The zero-order valence-electron chi connectivity index (χ0n) is 13.3.